The van der Waals surface area contributed by atoms with Gasteiger partial charge in [0.1, 0.15) is 5.01 Å². The molecule has 1 aliphatic carbocycles. The summed E-state index contributed by atoms with van der Waals surface area (Å²) in [5, 5.41) is 4.65. The molecule has 4 heteroatoms. The summed E-state index contributed by atoms with van der Waals surface area (Å²) in [6.07, 6.45) is 8.06. The van der Waals surface area contributed by atoms with Crippen molar-refractivity contribution in [3.8, 4) is 0 Å². The third-order valence-electron chi connectivity index (χ3n) is 4.08. The molecule has 2 aliphatic rings. The molecule has 1 aromatic heterocycles. The van der Waals surface area contributed by atoms with Crippen LogP contribution in [0.3, 0.4) is 0 Å². The highest BCUT2D eigenvalue weighted by atomic mass is 32.1. The highest BCUT2D eigenvalue weighted by molar-refractivity contribution is 7.11. The van der Waals surface area contributed by atoms with Gasteiger partial charge in [-0.2, -0.15) is 0 Å². The number of aryl methyl sites for hydroxylation is 2. The lowest BCUT2D eigenvalue weighted by Crippen LogP contribution is -2.29. The van der Waals surface area contributed by atoms with Crippen molar-refractivity contribution in [3.05, 3.63) is 15.6 Å². The Balaban J connectivity index is 1.80. The molecule has 3 nitrogen and oxygen atoms in total. The number of likely N-dealkylation sites (N-methyl/N-ethyl adjacent to an activating group) is 1. The molecular weight excluding hydrogens is 244 g/mol. The van der Waals surface area contributed by atoms with Crippen LogP contribution in [-0.2, 0) is 17.6 Å². The SMILES string of the molecule is CNC(c1nc2c(s1)CCCC2)C1CCC(C)O1. The van der Waals surface area contributed by atoms with Crippen LogP contribution >= 0.6 is 11.3 Å². The minimum Gasteiger partial charge on any atom is -0.373 e. The maximum atomic E-state index is 6.00. The van der Waals surface area contributed by atoms with Crippen LogP contribution < -0.4 is 5.32 Å². The molecule has 1 fully saturated rings. The summed E-state index contributed by atoms with van der Waals surface area (Å²) in [5.41, 5.74) is 1.35. The number of nitrogens with one attached hydrogen (secondary N) is 1. The number of aromatic nitrogens is 1. The van der Waals surface area contributed by atoms with E-state index in [-0.39, 0.29) is 6.04 Å². The normalized spacial score (nSPS) is 29.2. The number of hydrogen-bond donors (Lipinski definition) is 1. The maximum Gasteiger partial charge on any atom is 0.113 e. The first-order valence-electron chi connectivity index (χ1n) is 7.09. The Kier molecular flexibility index (Phi) is 3.68. The molecule has 18 heavy (non-hydrogen) atoms. The van der Waals surface area contributed by atoms with Gasteiger partial charge in [0.05, 0.1) is 23.9 Å². The molecule has 0 radical (unpaired) electrons. The average molecular weight is 266 g/mol. The number of rotatable bonds is 3. The zero-order chi connectivity index (χ0) is 12.5. The first kappa shape index (κ1) is 12.6. The molecule has 3 rings (SSSR count). The van der Waals surface area contributed by atoms with Crippen molar-refractivity contribution in [3.63, 3.8) is 0 Å². The van der Waals surface area contributed by atoms with Crippen LogP contribution in [0.4, 0.5) is 0 Å². The molecule has 1 N–H and O–H groups in total. The number of ether oxygens (including phenoxy) is 1. The van der Waals surface area contributed by atoms with Gasteiger partial charge >= 0.3 is 0 Å². The quantitative estimate of drug-likeness (QED) is 0.913. The Morgan fingerprint density at radius 1 is 1.33 bits per heavy atom. The van der Waals surface area contributed by atoms with E-state index >= 15 is 0 Å². The highest BCUT2D eigenvalue weighted by Crippen LogP contribution is 2.35. The highest BCUT2D eigenvalue weighted by Gasteiger charge is 2.32. The Morgan fingerprint density at radius 2 is 2.17 bits per heavy atom. The molecule has 1 aromatic rings. The molecule has 3 unspecified atom stereocenters. The summed E-state index contributed by atoms with van der Waals surface area (Å²) in [6.45, 7) is 2.17. The Bertz CT molecular complexity index is 394. The van der Waals surface area contributed by atoms with E-state index in [2.05, 4.69) is 12.2 Å². The van der Waals surface area contributed by atoms with E-state index in [1.165, 1.54) is 47.7 Å². The summed E-state index contributed by atoms with van der Waals surface area (Å²) in [7, 11) is 2.03. The molecular formula is C14H22N2OS. The van der Waals surface area contributed by atoms with Gasteiger partial charge in [-0.3, -0.25) is 0 Å². The van der Waals surface area contributed by atoms with Crippen LogP contribution in [0.15, 0.2) is 0 Å². The average Bonchev–Trinajstić information content (AvgIpc) is 2.96. The van der Waals surface area contributed by atoms with Gasteiger partial charge in [-0.1, -0.05) is 0 Å². The summed E-state index contributed by atoms with van der Waals surface area (Å²) in [6, 6.07) is 0.283. The van der Waals surface area contributed by atoms with E-state index in [0.717, 1.165) is 6.42 Å². The van der Waals surface area contributed by atoms with Crippen LogP contribution in [-0.4, -0.2) is 24.2 Å². The van der Waals surface area contributed by atoms with E-state index in [4.69, 9.17) is 9.72 Å². The molecule has 0 amide bonds. The van der Waals surface area contributed by atoms with Gasteiger partial charge in [-0.05, 0) is 52.5 Å². The third kappa shape index (κ3) is 2.33. The van der Waals surface area contributed by atoms with Gasteiger partial charge in [0.25, 0.3) is 0 Å². The van der Waals surface area contributed by atoms with Gasteiger partial charge in [0, 0.05) is 4.88 Å². The lowest BCUT2D eigenvalue weighted by atomic mass is 10.0. The zero-order valence-electron chi connectivity index (χ0n) is 11.2. The van der Waals surface area contributed by atoms with Gasteiger partial charge in [0.2, 0.25) is 0 Å². The predicted molar refractivity (Wildman–Crippen MR) is 74.1 cm³/mol. The third-order valence-corrected chi connectivity index (χ3v) is 5.32. The Morgan fingerprint density at radius 3 is 2.83 bits per heavy atom. The fraction of sp³-hybridized carbons (Fsp3) is 0.786. The van der Waals surface area contributed by atoms with Crippen LogP contribution in [0.25, 0.3) is 0 Å². The summed E-state index contributed by atoms with van der Waals surface area (Å²) < 4.78 is 6.00. The minimum atomic E-state index is 0.283. The lowest BCUT2D eigenvalue weighted by molar-refractivity contribution is 0.0332. The number of hydrogen-bond acceptors (Lipinski definition) is 4. The number of fused-ring (bicyclic) bond motifs is 1. The van der Waals surface area contributed by atoms with Crippen molar-refractivity contribution in [1.29, 1.82) is 0 Å². The van der Waals surface area contributed by atoms with Crippen LogP contribution in [0, 0.1) is 0 Å². The smallest absolute Gasteiger partial charge is 0.113 e. The second-order valence-electron chi connectivity index (χ2n) is 5.46. The molecule has 0 spiro atoms. The van der Waals surface area contributed by atoms with Crippen LogP contribution in [0.2, 0.25) is 0 Å². The molecule has 0 aromatic carbocycles. The van der Waals surface area contributed by atoms with Crippen molar-refractivity contribution in [2.45, 2.75) is 63.7 Å². The van der Waals surface area contributed by atoms with E-state index in [9.17, 15) is 0 Å². The fourth-order valence-electron chi connectivity index (χ4n) is 3.05. The fourth-order valence-corrected chi connectivity index (χ4v) is 4.37. The zero-order valence-corrected chi connectivity index (χ0v) is 12.1. The molecule has 0 bridgehead atoms. The van der Waals surface area contributed by atoms with E-state index in [1.807, 2.05) is 18.4 Å². The van der Waals surface area contributed by atoms with Crippen molar-refractivity contribution < 1.29 is 4.74 Å². The lowest BCUT2D eigenvalue weighted by Gasteiger charge is -2.21. The summed E-state index contributed by atoms with van der Waals surface area (Å²) >= 11 is 1.90. The molecule has 1 aliphatic heterocycles. The first-order valence-corrected chi connectivity index (χ1v) is 7.91. The van der Waals surface area contributed by atoms with Gasteiger partial charge < -0.3 is 10.1 Å². The van der Waals surface area contributed by atoms with Crippen molar-refractivity contribution in [2.24, 2.45) is 0 Å². The largest absolute Gasteiger partial charge is 0.373 e. The van der Waals surface area contributed by atoms with Crippen LogP contribution in [0.1, 0.15) is 54.2 Å². The van der Waals surface area contributed by atoms with E-state index < -0.39 is 0 Å². The van der Waals surface area contributed by atoms with E-state index in [0.29, 0.717) is 12.2 Å². The number of nitrogens with zero attached hydrogens (tertiary/aromatic N) is 1. The molecule has 1 saturated heterocycles. The van der Waals surface area contributed by atoms with Gasteiger partial charge in [0.15, 0.2) is 0 Å². The Labute approximate surface area is 113 Å². The standard InChI is InChI=1S/C14H22N2OS/c1-9-7-8-11(17-9)13(15-2)14-16-10-5-3-4-6-12(10)18-14/h9,11,13,15H,3-8H2,1-2H3. The summed E-state index contributed by atoms with van der Waals surface area (Å²) in [5.74, 6) is 0. The summed E-state index contributed by atoms with van der Waals surface area (Å²) in [4.78, 5) is 6.38. The minimum absolute atomic E-state index is 0.283. The van der Waals surface area contributed by atoms with Crippen molar-refractivity contribution in [2.75, 3.05) is 7.05 Å². The monoisotopic (exact) mass is 266 g/mol. The molecule has 2 heterocycles. The second kappa shape index (κ2) is 5.27. The van der Waals surface area contributed by atoms with Crippen molar-refractivity contribution >= 4 is 11.3 Å². The molecule has 0 saturated carbocycles. The topological polar surface area (TPSA) is 34.2 Å². The van der Waals surface area contributed by atoms with Gasteiger partial charge in [-0.15, -0.1) is 11.3 Å². The maximum absolute atomic E-state index is 6.00. The van der Waals surface area contributed by atoms with Crippen molar-refractivity contribution in [1.82, 2.24) is 10.3 Å². The second-order valence-corrected chi connectivity index (χ2v) is 6.57. The Hall–Kier alpha value is -0.450. The first-order chi connectivity index (χ1) is 8.78. The molecule has 100 valence electrons. The van der Waals surface area contributed by atoms with Gasteiger partial charge in [-0.25, -0.2) is 4.98 Å². The van der Waals surface area contributed by atoms with E-state index in [1.54, 1.807) is 0 Å². The predicted octanol–water partition coefficient (Wildman–Crippen LogP) is 2.85. The number of thiazole rings is 1. The van der Waals surface area contributed by atoms with Crippen LogP contribution in [0.5, 0.6) is 0 Å². The molecule has 3 atom stereocenters.